The van der Waals surface area contributed by atoms with E-state index in [0.717, 1.165) is 6.26 Å². The van der Waals surface area contributed by atoms with E-state index in [1.165, 1.54) is 12.1 Å². The summed E-state index contributed by atoms with van der Waals surface area (Å²) in [7, 11) is -3.38. The van der Waals surface area contributed by atoms with E-state index in [4.69, 9.17) is 0 Å². The zero-order chi connectivity index (χ0) is 15.7. The van der Waals surface area contributed by atoms with Crippen molar-refractivity contribution in [1.82, 2.24) is 10.1 Å². The van der Waals surface area contributed by atoms with Crippen LogP contribution in [0, 0.1) is 0 Å². The van der Waals surface area contributed by atoms with Gasteiger partial charge in [0, 0.05) is 12.1 Å². The molecule has 1 N–H and O–H groups in total. The Labute approximate surface area is 118 Å². The third-order valence-corrected chi connectivity index (χ3v) is 2.94. The second-order valence-corrected chi connectivity index (χ2v) is 6.01. The topological polar surface area (TPSA) is 85.1 Å². The number of alkyl halides is 3. The van der Waals surface area contributed by atoms with E-state index in [1.807, 2.05) is 0 Å². The Morgan fingerprint density at radius 3 is 2.33 bits per heavy atom. The van der Waals surface area contributed by atoms with Crippen LogP contribution in [0.5, 0.6) is 0 Å². The number of aromatic nitrogens is 2. The Hall–Kier alpha value is -2.10. The molecule has 114 valence electrons. The largest absolute Gasteiger partial charge is 0.471 e. The summed E-state index contributed by atoms with van der Waals surface area (Å²) in [4.78, 5) is 3.24. The molecule has 0 amide bonds. The zero-order valence-corrected chi connectivity index (χ0v) is 11.5. The van der Waals surface area contributed by atoms with Gasteiger partial charge in [0.05, 0.1) is 6.26 Å². The summed E-state index contributed by atoms with van der Waals surface area (Å²) in [5.74, 6) is -1.50. The van der Waals surface area contributed by atoms with Crippen LogP contribution in [-0.2, 0) is 22.6 Å². The van der Waals surface area contributed by atoms with E-state index in [9.17, 15) is 21.6 Å². The number of nitrogens with one attached hydrogen (secondary N) is 1. The highest BCUT2D eigenvalue weighted by Crippen LogP contribution is 2.27. The highest BCUT2D eigenvalue weighted by Gasteiger charge is 2.38. The molecule has 0 unspecified atom stereocenters. The number of nitrogens with zero attached hydrogens (tertiary/aromatic N) is 2. The van der Waals surface area contributed by atoms with Crippen molar-refractivity contribution in [2.45, 2.75) is 12.6 Å². The molecule has 0 spiro atoms. The van der Waals surface area contributed by atoms with E-state index >= 15 is 0 Å². The number of hydrogen-bond acceptors (Lipinski definition) is 5. The number of halogens is 3. The summed E-state index contributed by atoms with van der Waals surface area (Å²) in [5.41, 5.74) is 0.967. The van der Waals surface area contributed by atoms with E-state index in [2.05, 4.69) is 19.4 Å². The minimum absolute atomic E-state index is 0.0404. The quantitative estimate of drug-likeness (QED) is 0.931. The third kappa shape index (κ3) is 4.45. The molecule has 21 heavy (non-hydrogen) atoms. The maximum Gasteiger partial charge on any atom is 0.471 e. The second kappa shape index (κ2) is 5.35. The van der Waals surface area contributed by atoms with E-state index < -0.39 is 22.1 Å². The lowest BCUT2D eigenvalue weighted by Crippen LogP contribution is -2.09. The molecule has 2 aromatic rings. The van der Waals surface area contributed by atoms with Crippen molar-refractivity contribution in [3.8, 4) is 0 Å². The molecule has 0 saturated carbocycles. The first-order chi connectivity index (χ1) is 9.63. The summed E-state index contributed by atoms with van der Waals surface area (Å²) in [5, 5.41) is 3.24. The average Bonchev–Trinajstić information content (AvgIpc) is 2.78. The standard InChI is InChI=1S/C11H10F3N3O3S/c1-21(18,19)17-8-4-2-7(3-5-8)6-9-15-10(20-16-9)11(12,13)14/h2-5,17H,6H2,1H3. The second-order valence-electron chi connectivity index (χ2n) is 4.26. The van der Waals surface area contributed by atoms with E-state index in [-0.39, 0.29) is 12.2 Å². The minimum atomic E-state index is -4.67. The smallest absolute Gasteiger partial charge is 0.329 e. The summed E-state index contributed by atoms with van der Waals surface area (Å²) in [6, 6.07) is 6.08. The molecule has 1 aromatic carbocycles. The van der Waals surface area contributed by atoms with Gasteiger partial charge in [0.25, 0.3) is 0 Å². The molecule has 2 rings (SSSR count). The first kappa shape index (κ1) is 15.3. The van der Waals surface area contributed by atoms with Gasteiger partial charge in [-0.05, 0) is 17.7 Å². The third-order valence-electron chi connectivity index (χ3n) is 2.33. The number of anilines is 1. The van der Waals surface area contributed by atoms with Gasteiger partial charge in [0.15, 0.2) is 5.82 Å². The van der Waals surface area contributed by atoms with Crippen molar-refractivity contribution in [3.63, 3.8) is 0 Å². The minimum Gasteiger partial charge on any atom is -0.329 e. The van der Waals surface area contributed by atoms with Crippen LogP contribution in [0.4, 0.5) is 18.9 Å². The summed E-state index contributed by atoms with van der Waals surface area (Å²) < 4.78 is 65.3. The summed E-state index contributed by atoms with van der Waals surface area (Å²) in [6.07, 6.45) is -3.62. The molecule has 1 heterocycles. The summed E-state index contributed by atoms with van der Waals surface area (Å²) in [6.45, 7) is 0. The fourth-order valence-electron chi connectivity index (χ4n) is 1.53. The number of rotatable bonds is 4. The van der Waals surface area contributed by atoms with Crippen molar-refractivity contribution in [2.24, 2.45) is 0 Å². The number of hydrogen-bond donors (Lipinski definition) is 1. The Kier molecular flexibility index (Phi) is 3.90. The van der Waals surface area contributed by atoms with Crippen molar-refractivity contribution >= 4 is 15.7 Å². The average molecular weight is 321 g/mol. The Morgan fingerprint density at radius 2 is 1.86 bits per heavy atom. The van der Waals surface area contributed by atoms with Crippen LogP contribution in [-0.4, -0.2) is 24.8 Å². The lowest BCUT2D eigenvalue weighted by molar-refractivity contribution is -0.159. The SMILES string of the molecule is CS(=O)(=O)Nc1ccc(Cc2noc(C(F)(F)F)n2)cc1. The number of benzene rings is 1. The summed E-state index contributed by atoms with van der Waals surface area (Å²) >= 11 is 0. The molecule has 0 saturated heterocycles. The molecule has 0 aliphatic carbocycles. The van der Waals surface area contributed by atoms with Gasteiger partial charge in [-0.3, -0.25) is 4.72 Å². The van der Waals surface area contributed by atoms with Gasteiger partial charge >= 0.3 is 12.1 Å². The van der Waals surface area contributed by atoms with E-state index in [0.29, 0.717) is 11.3 Å². The van der Waals surface area contributed by atoms with Crippen LogP contribution in [0.1, 0.15) is 17.3 Å². The molecule has 0 fully saturated rings. The first-order valence-corrected chi connectivity index (χ1v) is 7.49. The number of sulfonamides is 1. The maximum absolute atomic E-state index is 12.3. The monoisotopic (exact) mass is 321 g/mol. The van der Waals surface area contributed by atoms with Gasteiger partial charge in [-0.15, -0.1) is 0 Å². The first-order valence-electron chi connectivity index (χ1n) is 5.60. The molecule has 10 heteroatoms. The van der Waals surface area contributed by atoms with Crippen molar-refractivity contribution < 1.29 is 26.1 Å². The predicted octanol–water partition coefficient (Wildman–Crippen LogP) is 2.05. The Morgan fingerprint density at radius 1 is 1.24 bits per heavy atom. The maximum atomic E-state index is 12.3. The van der Waals surface area contributed by atoms with Gasteiger partial charge in [0.1, 0.15) is 0 Å². The van der Waals surface area contributed by atoms with Crippen LogP contribution in [0.2, 0.25) is 0 Å². The molecular formula is C11H10F3N3O3S. The highest BCUT2D eigenvalue weighted by molar-refractivity contribution is 7.92. The van der Waals surface area contributed by atoms with Gasteiger partial charge in [0.2, 0.25) is 10.0 Å². The molecule has 0 bridgehead atoms. The van der Waals surface area contributed by atoms with Crippen molar-refractivity contribution in [2.75, 3.05) is 11.0 Å². The molecule has 0 aliphatic heterocycles. The molecular weight excluding hydrogens is 311 g/mol. The van der Waals surface area contributed by atoms with Gasteiger partial charge < -0.3 is 4.52 Å². The Balaban J connectivity index is 2.08. The van der Waals surface area contributed by atoms with Gasteiger partial charge in [-0.2, -0.15) is 18.2 Å². The zero-order valence-electron chi connectivity index (χ0n) is 10.7. The predicted molar refractivity (Wildman–Crippen MR) is 67.0 cm³/mol. The van der Waals surface area contributed by atoms with Crippen molar-refractivity contribution in [3.05, 3.63) is 41.5 Å². The van der Waals surface area contributed by atoms with E-state index in [1.54, 1.807) is 12.1 Å². The lowest BCUT2D eigenvalue weighted by atomic mass is 10.1. The van der Waals surface area contributed by atoms with Crippen LogP contribution < -0.4 is 4.72 Å². The highest BCUT2D eigenvalue weighted by atomic mass is 32.2. The van der Waals surface area contributed by atoms with Crippen LogP contribution >= 0.6 is 0 Å². The molecule has 0 aliphatic rings. The van der Waals surface area contributed by atoms with Crippen LogP contribution in [0.25, 0.3) is 0 Å². The lowest BCUT2D eigenvalue weighted by Gasteiger charge is -2.04. The van der Waals surface area contributed by atoms with Crippen molar-refractivity contribution in [1.29, 1.82) is 0 Å². The fraction of sp³-hybridized carbons (Fsp3) is 0.273. The molecule has 6 nitrogen and oxygen atoms in total. The van der Waals surface area contributed by atoms with Gasteiger partial charge in [-0.25, -0.2) is 8.42 Å². The Bertz CT molecular complexity index is 723. The van der Waals surface area contributed by atoms with Crippen LogP contribution in [0.15, 0.2) is 28.8 Å². The molecule has 0 radical (unpaired) electrons. The fourth-order valence-corrected chi connectivity index (χ4v) is 2.09. The van der Waals surface area contributed by atoms with Gasteiger partial charge in [-0.1, -0.05) is 17.3 Å². The molecule has 1 aromatic heterocycles. The molecule has 0 atom stereocenters. The van der Waals surface area contributed by atoms with Crippen LogP contribution in [0.3, 0.4) is 0 Å². The normalized spacial score (nSPS) is 12.4.